The molecule has 0 bridgehead atoms. The maximum Gasteiger partial charge on any atom is 0.0804 e. The maximum atomic E-state index is 11.2. The van der Waals surface area contributed by atoms with Gasteiger partial charge in [-0.2, -0.15) is 0 Å². The van der Waals surface area contributed by atoms with Crippen molar-refractivity contribution in [2.45, 2.75) is 34.1 Å². The van der Waals surface area contributed by atoms with E-state index in [1.54, 1.807) is 6.92 Å². The molecular weight excluding hydrogens is 200 g/mol. The van der Waals surface area contributed by atoms with Crippen LogP contribution >= 0.6 is 0 Å². The van der Waals surface area contributed by atoms with E-state index in [9.17, 15) is 5.11 Å². The van der Waals surface area contributed by atoms with Crippen LogP contribution in [0.5, 0.6) is 0 Å². The highest BCUT2D eigenvalue weighted by Crippen LogP contribution is 2.07. The summed E-state index contributed by atoms with van der Waals surface area (Å²) in [5.74, 6) is -0.150. The quantitative estimate of drug-likeness (QED) is 0.268. The molecule has 0 radical (unpaired) electrons. The fourth-order valence-corrected chi connectivity index (χ4v) is 1.87. The summed E-state index contributed by atoms with van der Waals surface area (Å²) >= 11 is 0. The number of nitrogens with zero attached hydrogens (tertiary/aromatic N) is 2. The molecule has 0 heterocycles. The standard InChI is InChI=1S/C13H26N2O/c1-6-15(7-2,8-3)11-9-10-14-13(16)12(4)5/h4,6-11H2,1-3,5H3. The Hall–Kier alpha value is -0.830. The zero-order chi connectivity index (χ0) is 12.6. The SMILES string of the molecule is C=C(C)C([O-])=NCCC[N+](CC)(CC)CC. The van der Waals surface area contributed by atoms with Crippen LogP contribution in [-0.2, 0) is 0 Å². The highest BCUT2D eigenvalue weighted by molar-refractivity contribution is 5.88. The van der Waals surface area contributed by atoms with Crippen LogP contribution in [0.4, 0.5) is 0 Å². The lowest BCUT2D eigenvalue weighted by molar-refractivity contribution is -0.923. The van der Waals surface area contributed by atoms with Crippen molar-refractivity contribution in [2.24, 2.45) is 4.99 Å². The Morgan fingerprint density at radius 2 is 1.69 bits per heavy atom. The van der Waals surface area contributed by atoms with E-state index in [0.717, 1.165) is 37.1 Å². The first kappa shape index (κ1) is 15.2. The summed E-state index contributed by atoms with van der Waals surface area (Å²) in [5.41, 5.74) is 0.530. The van der Waals surface area contributed by atoms with Crippen LogP contribution in [0, 0.1) is 0 Å². The number of quaternary nitrogens is 1. The second kappa shape index (κ2) is 7.44. The molecule has 0 N–H and O–H groups in total. The summed E-state index contributed by atoms with van der Waals surface area (Å²) in [7, 11) is 0. The van der Waals surface area contributed by atoms with Crippen molar-refractivity contribution in [3.8, 4) is 0 Å². The molecule has 0 amide bonds. The number of hydrogen-bond acceptors (Lipinski definition) is 2. The Morgan fingerprint density at radius 1 is 1.19 bits per heavy atom. The van der Waals surface area contributed by atoms with Gasteiger partial charge in [0.25, 0.3) is 0 Å². The predicted molar refractivity (Wildman–Crippen MR) is 68.5 cm³/mol. The molecule has 0 fully saturated rings. The molecule has 0 saturated heterocycles. The molecule has 0 saturated carbocycles. The lowest BCUT2D eigenvalue weighted by Crippen LogP contribution is -2.48. The van der Waals surface area contributed by atoms with Crippen LogP contribution in [-0.4, -0.2) is 43.1 Å². The molecule has 16 heavy (non-hydrogen) atoms. The van der Waals surface area contributed by atoms with Crippen LogP contribution < -0.4 is 5.11 Å². The first-order chi connectivity index (χ1) is 7.51. The van der Waals surface area contributed by atoms with Crippen LogP contribution in [0.25, 0.3) is 0 Å². The summed E-state index contributed by atoms with van der Waals surface area (Å²) in [4.78, 5) is 3.98. The second-order valence-corrected chi connectivity index (χ2v) is 4.33. The number of hydrogen-bond donors (Lipinski definition) is 0. The van der Waals surface area contributed by atoms with Gasteiger partial charge in [0.1, 0.15) is 0 Å². The maximum absolute atomic E-state index is 11.2. The molecule has 0 aliphatic rings. The Bertz CT molecular complexity index is 234. The van der Waals surface area contributed by atoms with Gasteiger partial charge in [-0.05, 0) is 39.2 Å². The Kier molecular flexibility index (Phi) is 7.06. The van der Waals surface area contributed by atoms with E-state index >= 15 is 0 Å². The van der Waals surface area contributed by atoms with Crippen molar-refractivity contribution in [3.05, 3.63) is 12.2 Å². The third-order valence-electron chi connectivity index (χ3n) is 3.42. The van der Waals surface area contributed by atoms with E-state index in [0.29, 0.717) is 12.1 Å². The van der Waals surface area contributed by atoms with Crippen LogP contribution in [0.2, 0.25) is 0 Å². The van der Waals surface area contributed by atoms with E-state index in [-0.39, 0.29) is 5.90 Å². The van der Waals surface area contributed by atoms with E-state index in [1.807, 2.05) is 0 Å². The molecule has 0 aliphatic heterocycles. The number of aliphatic imine (C=N–C) groups is 1. The molecule has 0 aromatic heterocycles. The average molecular weight is 226 g/mol. The second-order valence-electron chi connectivity index (χ2n) is 4.33. The van der Waals surface area contributed by atoms with Crippen LogP contribution in [0.15, 0.2) is 17.1 Å². The Labute approximate surface area is 100 Å². The molecule has 3 nitrogen and oxygen atoms in total. The lowest BCUT2D eigenvalue weighted by atomic mass is 10.3. The van der Waals surface area contributed by atoms with Crippen molar-refractivity contribution in [2.75, 3.05) is 32.7 Å². The van der Waals surface area contributed by atoms with Crippen LogP contribution in [0.3, 0.4) is 0 Å². The van der Waals surface area contributed by atoms with Gasteiger partial charge >= 0.3 is 0 Å². The van der Waals surface area contributed by atoms with E-state index in [2.05, 4.69) is 32.3 Å². The van der Waals surface area contributed by atoms with E-state index in [1.165, 1.54) is 0 Å². The summed E-state index contributed by atoms with van der Waals surface area (Å²) in [5, 5.41) is 11.2. The highest BCUT2D eigenvalue weighted by atomic mass is 16.3. The minimum atomic E-state index is -0.150. The first-order valence-corrected chi connectivity index (χ1v) is 6.23. The summed E-state index contributed by atoms with van der Waals surface area (Å²) in [6.07, 6.45) is 0.981. The topological polar surface area (TPSA) is 35.4 Å². The molecule has 0 spiro atoms. The summed E-state index contributed by atoms with van der Waals surface area (Å²) in [6.45, 7) is 17.2. The zero-order valence-corrected chi connectivity index (χ0v) is 11.3. The molecule has 3 heteroatoms. The van der Waals surface area contributed by atoms with Crippen molar-refractivity contribution in [3.63, 3.8) is 0 Å². The summed E-state index contributed by atoms with van der Waals surface area (Å²) in [6, 6.07) is 0. The Balaban J connectivity index is 4.06. The highest BCUT2D eigenvalue weighted by Gasteiger charge is 2.19. The van der Waals surface area contributed by atoms with Gasteiger partial charge in [0, 0.05) is 13.0 Å². The smallest absolute Gasteiger partial charge is 0.0804 e. The molecule has 94 valence electrons. The first-order valence-electron chi connectivity index (χ1n) is 6.23. The molecule has 0 rings (SSSR count). The van der Waals surface area contributed by atoms with Crippen molar-refractivity contribution in [1.82, 2.24) is 0 Å². The molecular formula is C13H26N2O. The van der Waals surface area contributed by atoms with Gasteiger partial charge in [0.2, 0.25) is 0 Å². The fraction of sp³-hybridized carbons (Fsp3) is 0.769. The monoisotopic (exact) mass is 226 g/mol. The van der Waals surface area contributed by atoms with Gasteiger partial charge < -0.3 is 14.6 Å². The van der Waals surface area contributed by atoms with Gasteiger partial charge in [-0.15, -0.1) is 0 Å². The van der Waals surface area contributed by atoms with Gasteiger partial charge in [-0.1, -0.05) is 6.58 Å². The zero-order valence-electron chi connectivity index (χ0n) is 11.3. The van der Waals surface area contributed by atoms with Crippen molar-refractivity contribution in [1.29, 1.82) is 0 Å². The van der Waals surface area contributed by atoms with Crippen molar-refractivity contribution < 1.29 is 9.59 Å². The largest absolute Gasteiger partial charge is 0.859 e. The third-order valence-corrected chi connectivity index (χ3v) is 3.42. The van der Waals surface area contributed by atoms with Gasteiger partial charge in [0.05, 0.1) is 26.2 Å². The minimum absolute atomic E-state index is 0.150. The molecule has 0 atom stereocenters. The van der Waals surface area contributed by atoms with E-state index < -0.39 is 0 Å². The number of rotatable bonds is 8. The molecule has 0 unspecified atom stereocenters. The fourth-order valence-electron chi connectivity index (χ4n) is 1.87. The van der Waals surface area contributed by atoms with E-state index in [4.69, 9.17) is 0 Å². The van der Waals surface area contributed by atoms with Crippen molar-refractivity contribution >= 4 is 5.90 Å². The summed E-state index contributed by atoms with van der Waals surface area (Å²) < 4.78 is 1.12. The van der Waals surface area contributed by atoms with Gasteiger partial charge in [0.15, 0.2) is 0 Å². The molecule has 0 aromatic carbocycles. The van der Waals surface area contributed by atoms with Crippen LogP contribution in [0.1, 0.15) is 34.1 Å². The van der Waals surface area contributed by atoms with Gasteiger partial charge in [-0.25, -0.2) is 0 Å². The predicted octanol–water partition coefficient (Wildman–Crippen LogP) is 1.59. The molecule has 0 aliphatic carbocycles. The lowest BCUT2D eigenvalue weighted by Gasteiger charge is -2.35. The Morgan fingerprint density at radius 3 is 2.06 bits per heavy atom. The average Bonchev–Trinajstić information content (AvgIpc) is 2.30. The third kappa shape index (κ3) is 4.79. The normalized spacial score (nSPS) is 12.9. The minimum Gasteiger partial charge on any atom is -0.859 e. The molecule has 0 aromatic rings. The van der Waals surface area contributed by atoms with Gasteiger partial charge in [-0.3, -0.25) is 0 Å².